The summed E-state index contributed by atoms with van der Waals surface area (Å²) in [7, 11) is -9.76. The molecule has 3 saturated heterocycles. The maximum Gasteiger partial charge on any atom is 0.475 e. The minimum atomic E-state index is -4.89. The molecule has 4 aromatic rings. The van der Waals surface area contributed by atoms with E-state index in [-0.39, 0.29) is 34.8 Å². The van der Waals surface area contributed by atoms with E-state index >= 15 is 4.39 Å². The molecule has 4 aromatic heterocycles. The Hall–Kier alpha value is -4.55. The maximum absolute atomic E-state index is 16.4. The third-order valence-electron chi connectivity index (χ3n) is 8.92. The number of H-pyrrole nitrogens is 2. The maximum atomic E-state index is 16.4. The summed E-state index contributed by atoms with van der Waals surface area (Å²) in [6, 6.07) is -1.43. The Morgan fingerprint density at radius 2 is 1.84 bits per heavy atom. The average molecular weight is 814 g/mol. The molecule has 0 spiro atoms. The first-order chi connectivity index (χ1) is 26.2. The van der Waals surface area contributed by atoms with Crippen LogP contribution in [0.3, 0.4) is 0 Å². The first-order valence-electron chi connectivity index (χ1n) is 16.5. The summed E-state index contributed by atoms with van der Waals surface area (Å²) in [5.41, 5.74) is -2.01. The molecule has 1 amide bonds. The van der Waals surface area contributed by atoms with Crippen LogP contribution >= 0.6 is 7.82 Å². The number of phosphoric acid groups is 1. The van der Waals surface area contributed by atoms with Gasteiger partial charge < -0.3 is 24.4 Å². The molecule has 7 heterocycles. The van der Waals surface area contributed by atoms with Crippen LogP contribution in [0.2, 0.25) is 0 Å². The Morgan fingerprint density at radius 3 is 2.55 bits per heavy atom. The fraction of sp³-hybridized carbons (Fsp3) is 0.571. The lowest BCUT2D eigenvalue weighted by Gasteiger charge is -2.26. The van der Waals surface area contributed by atoms with E-state index in [0.29, 0.717) is 0 Å². The number of anilines is 1. The van der Waals surface area contributed by atoms with Crippen molar-refractivity contribution >= 4 is 52.3 Å². The van der Waals surface area contributed by atoms with Crippen LogP contribution in [0.15, 0.2) is 28.6 Å². The van der Waals surface area contributed by atoms with E-state index in [1.54, 1.807) is 13.8 Å². The highest BCUT2D eigenvalue weighted by Crippen LogP contribution is 2.54. The molecule has 55 heavy (non-hydrogen) atoms. The molecule has 2 bridgehead atoms. The van der Waals surface area contributed by atoms with E-state index in [9.17, 15) is 32.5 Å². The average Bonchev–Trinajstić information content (AvgIpc) is 3.90. The van der Waals surface area contributed by atoms with Crippen molar-refractivity contribution in [1.29, 1.82) is 0 Å². The number of alkyl halides is 1. The van der Waals surface area contributed by atoms with E-state index in [1.807, 2.05) is 0 Å². The van der Waals surface area contributed by atoms with Crippen LogP contribution in [-0.2, 0) is 46.9 Å². The van der Waals surface area contributed by atoms with Crippen molar-refractivity contribution in [2.45, 2.75) is 56.8 Å². The third-order valence-corrected chi connectivity index (χ3v) is 11.4. The van der Waals surface area contributed by atoms with E-state index in [1.165, 1.54) is 4.57 Å². The summed E-state index contributed by atoms with van der Waals surface area (Å²) in [4.78, 5) is 61.8. The second-order valence-corrected chi connectivity index (χ2v) is 15.8. The number of fused-ring (bicyclic) bond motifs is 5. The van der Waals surface area contributed by atoms with Crippen LogP contribution in [0.5, 0.6) is 0 Å². The van der Waals surface area contributed by atoms with Crippen molar-refractivity contribution < 1.29 is 54.5 Å². The number of carbonyl (C=O) groups is 1. The number of ether oxygens (including phenoxy) is 2. The number of nitrogens with zero attached hydrogens (tertiary/aromatic N) is 7. The van der Waals surface area contributed by atoms with E-state index in [4.69, 9.17) is 33.8 Å². The highest BCUT2D eigenvalue weighted by molar-refractivity contribution is 7.84. The Kier molecular flexibility index (Phi) is 10.7. The van der Waals surface area contributed by atoms with Gasteiger partial charge in [0, 0.05) is 11.8 Å². The van der Waals surface area contributed by atoms with Gasteiger partial charge in [0.1, 0.15) is 18.8 Å². The Morgan fingerprint density at radius 1 is 1.13 bits per heavy atom. The normalized spacial score (nSPS) is 31.1. The predicted octanol–water partition coefficient (Wildman–Crippen LogP) is -0.732. The molecular formula is C28H33FN11O13PS. The lowest BCUT2D eigenvalue weighted by atomic mass is 9.98. The molecule has 0 aromatic carbocycles. The van der Waals surface area contributed by atoms with Crippen molar-refractivity contribution in [2.24, 2.45) is 11.8 Å². The number of rotatable bonds is 8. The summed E-state index contributed by atoms with van der Waals surface area (Å²) in [5, 5.41) is 13.0. The van der Waals surface area contributed by atoms with Crippen LogP contribution in [0, 0.1) is 18.4 Å². The van der Waals surface area contributed by atoms with Gasteiger partial charge in [-0.1, -0.05) is 13.8 Å². The van der Waals surface area contributed by atoms with Gasteiger partial charge in [-0.05, 0) is 0 Å². The summed E-state index contributed by atoms with van der Waals surface area (Å²) < 4.78 is 96.2. The lowest BCUT2D eigenvalue weighted by Crippen LogP contribution is -2.46. The number of aliphatic hydroxyl groups is 1. The molecule has 24 nitrogen and oxygen atoms in total. The van der Waals surface area contributed by atoms with Crippen LogP contribution < -0.4 is 21.2 Å². The fourth-order valence-electron chi connectivity index (χ4n) is 6.21. The molecule has 9 atom stereocenters. The second-order valence-electron chi connectivity index (χ2n) is 12.8. The number of hydrogen-bond acceptors (Lipinski definition) is 17. The summed E-state index contributed by atoms with van der Waals surface area (Å²) >= 11 is 0. The summed E-state index contributed by atoms with van der Waals surface area (Å²) in [6.45, 7) is 7.10. The third kappa shape index (κ3) is 7.55. The predicted molar refractivity (Wildman–Crippen MR) is 181 cm³/mol. The molecule has 3 fully saturated rings. The molecule has 27 heteroatoms. The van der Waals surface area contributed by atoms with E-state index in [2.05, 4.69) is 44.8 Å². The topological polar surface area (TPSA) is 299 Å². The number of aliphatic hydroxyl groups excluding tert-OH is 1. The number of amides is 1. The smallest absolute Gasteiger partial charge is 0.396 e. The zero-order chi connectivity index (χ0) is 39.2. The van der Waals surface area contributed by atoms with Crippen LogP contribution in [0.4, 0.5) is 10.3 Å². The fourth-order valence-corrected chi connectivity index (χ4v) is 8.60. The molecule has 3 aliphatic heterocycles. The van der Waals surface area contributed by atoms with Crippen molar-refractivity contribution in [3.63, 3.8) is 0 Å². The molecule has 5 N–H and O–H groups in total. The molecule has 3 aliphatic rings. The Labute approximate surface area is 308 Å². The van der Waals surface area contributed by atoms with Gasteiger partial charge in [0.05, 0.1) is 50.9 Å². The van der Waals surface area contributed by atoms with Gasteiger partial charge in [-0.3, -0.25) is 51.6 Å². The monoisotopic (exact) mass is 813 g/mol. The minimum Gasteiger partial charge on any atom is -0.396 e. The molecular weight excluding hydrogens is 780 g/mol. The van der Waals surface area contributed by atoms with Crippen LogP contribution in [-0.4, -0.2) is 122 Å². The highest BCUT2D eigenvalue weighted by atomic mass is 32.2. The quantitative estimate of drug-likeness (QED) is 0.0832. The summed E-state index contributed by atoms with van der Waals surface area (Å²) in [5.74, 6) is -2.37. The van der Waals surface area contributed by atoms with Crippen molar-refractivity contribution in [3.8, 4) is 0 Å². The molecule has 296 valence electrons. The van der Waals surface area contributed by atoms with Gasteiger partial charge in [0.25, 0.3) is 11.1 Å². The number of phosphoric ester groups is 1. The molecule has 0 saturated carbocycles. The van der Waals surface area contributed by atoms with Gasteiger partial charge in [-0.15, -0.1) is 0 Å². The molecule has 1 unspecified atom stereocenters. The zero-order valence-electron chi connectivity index (χ0n) is 28.7. The second kappa shape index (κ2) is 15.2. The highest BCUT2D eigenvalue weighted by Gasteiger charge is 2.54. The Balaban J connectivity index is 1.25. The van der Waals surface area contributed by atoms with Crippen LogP contribution in [0.1, 0.15) is 26.3 Å². The number of halogens is 1. The number of carbonyl (C=O) groups excluding carboxylic acids is 1. The van der Waals surface area contributed by atoms with E-state index < -0.39 is 116 Å². The largest absolute Gasteiger partial charge is 0.475 e. The van der Waals surface area contributed by atoms with Crippen LogP contribution in [0.25, 0.3) is 27.2 Å². The minimum absolute atomic E-state index is 0.0964. The molecule has 7 rings (SSSR count). The Bertz CT molecular complexity index is 2420. The molecule has 0 radical (unpaired) electrons. The molecule has 0 aliphatic carbocycles. The SMILES string of the molecule is [C-]#[N+]CCOP1(=O)OC[C@H]2O[C@@H](n3cnc4c(=O)[nH]c(NC(=O)C(C)C)nc43)[C@H](NS(=O)(=O)OC[C@H]3O[C@@H](n4cnc5c(=O)[nH]cnc54)[C@H](F)[C@@H]3O1)[C@@H]2CO. The van der Waals surface area contributed by atoms with Gasteiger partial charge in [0.2, 0.25) is 18.4 Å². The summed E-state index contributed by atoms with van der Waals surface area (Å²) in [6.07, 6.45) is -6.96. The zero-order valence-corrected chi connectivity index (χ0v) is 30.4. The number of hydrogen-bond donors (Lipinski definition) is 5. The van der Waals surface area contributed by atoms with Gasteiger partial charge in [-0.25, -0.2) is 30.5 Å². The first kappa shape index (κ1) is 38.7. The number of imidazole rings is 2. The van der Waals surface area contributed by atoms with Crippen molar-refractivity contribution in [1.82, 2.24) is 43.8 Å². The number of aromatic amines is 2. The van der Waals surface area contributed by atoms with Gasteiger partial charge >= 0.3 is 18.1 Å². The lowest BCUT2D eigenvalue weighted by molar-refractivity contribution is -0.118. The van der Waals surface area contributed by atoms with Gasteiger partial charge in [0.15, 0.2) is 41.0 Å². The van der Waals surface area contributed by atoms with Gasteiger partial charge in [-0.2, -0.15) is 18.1 Å². The standard InChI is InChI=1S/C28H33FN11O13PS/c1-12(2)23(42)36-28-35-22-19(25(44)37-28)34-11-40(22)27-17-13(6-41)14(51-27)7-49-54(45,48-5-4-30-3)53-20-15(8-50-55(46,47)38-17)52-26(16(20)29)39-10-33-18-21(39)31-9-32-24(18)43/h9-17,20,26-27,38,41H,4-8H2,1-2H3,(H,31,32,43)(H2,35,36,37,42,44)/t13-,14-,15-,16-,17-,20-,26-,27-,54?/m1/s1. The number of aromatic nitrogens is 8. The van der Waals surface area contributed by atoms with Crippen molar-refractivity contribution in [3.05, 3.63) is 51.1 Å². The van der Waals surface area contributed by atoms with E-state index in [0.717, 1.165) is 23.5 Å². The number of nitrogens with one attached hydrogen (secondary N) is 4. The van der Waals surface area contributed by atoms with Crippen molar-refractivity contribution in [2.75, 3.05) is 38.3 Å². The first-order valence-corrected chi connectivity index (χ1v) is 19.4.